The predicted molar refractivity (Wildman–Crippen MR) is 202 cm³/mol. The summed E-state index contributed by atoms with van der Waals surface area (Å²) in [6, 6.07) is 3.76. The average Bonchev–Trinajstić information content (AvgIpc) is 3.48. The van der Waals surface area contributed by atoms with Crippen LogP contribution in [0.25, 0.3) is 0 Å². The standard InChI is InChI=1S/C43H63NO8/c1-6-7-8-9-10-11-12-13-14-15-16-17-18-19-20-21-30(2)49-31(3)40(46)50-32(4)41(47)51-35-24-25-43(48)36-28-33-22-23-34(29-45)38-37(33)42(43,39(35)52-38)26-27-44(36)5/h13-14,22-24,31-32,36,39,45,48H,2,6-12,15-21,25-29H2,1,3-5H3/b14-13-/t31-,32-,36+,39-,42-,43+/m0/s1. The third-order valence-electron chi connectivity index (χ3n) is 11.9. The molecule has 1 aromatic rings. The molecule has 1 saturated heterocycles. The van der Waals surface area contributed by atoms with Gasteiger partial charge in [-0.1, -0.05) is 89.2 Å². The van der Waals surface area contributed by atoms with Gasteiger partial charge in [0, 0.05) is 30.0 Å². The number of carbonyl (C=O) groups excluding carboxylic acids is 2. The number of aliphatic hydroxyl groups is 2. The molecule has 1 aromatic carbocycles. The Morgan fingerprint density at radius 2 is 1.63 bits per heavy atom. The first kappa shape index (κ1) is 40.1. The Morgan fingerprint density at radius 3 is 2.33 bits per heavy atom. The average molecular weight is 722 g/mol. The number of benzene rings is 1. The Kier molecular flexibility index (Phi) is 14.1. The van der Waals surface area contributed by atoms with Crippen LogP contribution in [0.5, 0.6) is 5.75 Å². The number of carbonyl (C=O) groups is 2. The lowest BCUT2D eigenvalue weighted by Crippen LogP contribution is -2.74. The van der Waals surface area contributed by atoms with E-state index in [1.807, 2.05) is 19.2 Å². The summed E-state index contributed by atoms with van der Waals surface area (Å²) in [5, 5.41) is 22.5. The van der Waals surface area contributed by atoms with Crippen molar-refractivity contribution in [3.05, 3.63) is 65.1 Å². The molecule has 0 unspecified atom stereocenters. The van der Waals surface area contributed by atoms with Crippen molar-refractivity contribution in [1.29, 1.82) is 0 Å². The molecule has 0 radical (unpaired) electrons. The lowest BCUT2D eigenvalue weighted by Gasteiger charge is -2.61. The van der Waals surface area contributed by atoms with E-state index < -0.39 is 41.3 Å². The van der Waals surface area contributed by atoms with E-state index in [1.54, 1.807) is 13.0 Å². The van der Waals surface area contributed by atoms with Gasteiger partial charge in [0.2, 0.25) is 0 Å². The minimum Gasteiger partial charge on any atom is -0.484 e. The first-order chi connectivity index (χ1) is 25.1. The topological polar surface area (TPSA) is 115 Å². The number of likely N-dealkylation sites (N-methyl/N-ethyl adjacent to an activating group) is 1. The Bertz CT molecular complexity index is 1470. The molecule has 2 aliphatic heterocycles. The second kappa shape index (κ2) is 18.3. The van der Waals surface area contributed by atoms with Crippen molar-refractivity contribution in [3.8, 4) is 5.75 Å². The Labute approximate surface area is 311 Å². The number of rotatable bonds is 22. The molecule has 52 heavy (non-hydrogen) atoms. The van der Waals surface area contributed by atoms with E-state index in [0.717, 1.165) is 43.4 Å². The fourth-order valence-corrected chi connectivity index (χ4v) is 8.90. The Hall–Kier alpha value is -3.14. The first-order valence-corrected chi connectivity index (χ1v) is 20.0. The number of piperidine rings is 1. The van der Waals surface area contributed by atoms with Crippen LogP contribution in [0, 0.1) is 0 Å². The lowest BCUT2D eigenvalue weighted by molar-refractivity contribution is -0.177. The predicted octanol–water partition coefficient (Wildman–Crippen LogP) is 7.89. The molecule has 0 amide bonds. The zero-order valence-electron chi connectivity index (χ0n) is 32.1. The normalized spacial score (nSPS) is 25.5. The van der Waals surface area contributed by atoms with E-state index in [4.69, 9.17) is 18.9 Å². The van der Waals surface area contributed by atoms with E-state index in [2.05, 4.69) is 30.6 Å². The van der Waals surface area contributed by atoms with Crippen molar-refractivity contribution < 1.29 is 38.7 Å². The third-order valence-corrected chi connectivity index (χ3v) is 11.9. The van der Waals surface area contributed by atoms with Crippen LogP contribution in [-0.4, -0.2) is 70.6 Å². The summed E-state index contributed by atoms with van der Waals surface area (Å²) >= 11 is 0. The SMILES string of the molecule is C=C(CCCCCCC/C=C\CCCCCCCC)O[C@@H](C)C(=O)O[C@@H](C)C(=O)OC1=CC[C@@]2(O)[C@H]3Cc4ccc(CO)c5c4[C@@]2(CCN3C)[C@H]1O5. The molecule has 1 spiro atoms. The van der Waals surface area contributed by atoms with Crippen LogP contribution in [0.1, 0.15) is 140 Å². The van der Waals surface area contributed by atoms with Gasteiger partial charge in [-0.3, -0.25) is 0 Å². The number of unbranched alkanes of at least 4 members (excludes halogenated alkanes) is 11. The van der Waals surface area contributed by atoms with Crippen molar-refractivity contribution in [2.24, 2.45) is 0 Å². The molecule has 9 nitrogen and oxygen atoms in total. The largest absolute Gasteiger partial charge is 0.484 e. The molecule has 4 aliphatic rings. The minimum absolute atomic E-state index is 0.132. The van der Waals surface area contributed by atoms with Crippen LogP contribution >= 0.6 is 0 Å². The van der Waals surface area contributed by atoms with Crippen LogP contribution in [-0.2, 0) is 42.2 Å². The van der Waals surface area contributed by atoms with Gasteiger partial charge in [-0.15, -0.1) is 0 Å². The fraction of sp³-hybridized carbons (Fsp3) is 0.674. The van der Waals surface area contributed by atoms with Gasteiger partial charge in [-0.2, -0.15) is 0 Å². The monoisotopic (exact) mass is 721 g/mol. The highest BCUT2D eigenvalue weighted by atomic mass is 16.6. The zero-order chi connectivity index (χ0) is 37.3. The second-order valence-electron chi connectivity index (χ2n) is 15.5. The van der Waals surface area contributed by atoms with Crippen molar-refractivity contribution in [2.45, 2.75) is 172 Å². The van der Waals surface area contributed by atoms with Crippen LogP contribution in [0.15, 0.2) is 48.5 Å². The van der Waals surface area contributed by atoms with E-state index in [9.17, 15) is 19.8 Å². The van der Waals surface area contributed by atoms with Gasteiger partial charge >= 0.3 is 11.9 Å². The maximum Gasteiger partial charge on any atom is 0.352 e. The molecule has 0 saturated carbocycles. The summed E-state index contributed by atoms with van der Waals surface area (Å²) in [5.74, 6) is -0.00906. The molecule has 6 atom stereocenters. The molecular formula is C43H63NO8. The first-order valence-electron chi connectivity index (χ1n) is 20.0. The van der Waals surface area contributed by atoms with Crippen molar-refractivity contribution in [3.63, 3.8) is 0 Å². The molecule has 5 rings (SSSR count). The molecule has 0 aromatic heterocycles. The lowest BCUT2D eigenvalue weighted by atomic mass is 9.50. The van der Waals surface area contributed by atoms with E-state index in [1.165, 1.54) is 64.7 Å². The maximum absolute atomic E-state index is 13.3. The number of ether oxygens (including phenoxy) is 4. The number of hydrogen-bond acceptors (Lipinski definition) is 9. The summed E-state index contributed by atoms with van der Waals surface area (Å²) < 4.78 is 23.7. The number of nitrogens with zero attached hydrogens (tertiary/aromatic N) is 1. The number of likely N-dealkylation sites (tertiary alicyclic amines) is 1. The second-order valence-corrected chi connectivity index (χ2v) is 15.5. The highest BCUT2D eigenvalue weighted by molar-refractivity contribution is 5.81. The highest BCUT2D eigenvalue weighted by Crippen LogP contribution is 2.64. The Morgan fingerprint density at radius 1 is 0.981 bits per heavy atom. The van der Waals surface area contributed by atoms with E-state index in [0.29, 0.717) is 42.1 Å². The van der Waals surface area contributed by atoms with Gasteiger partial charge < -0.3 is 34.1 Å². The quantitative estimate of drug-likeness (QED) is 0.0534. The molecule has 2 N–H and O–H groups in total. The van der Waals surface area contributed by atoms with Gasteiger partial charge in [0.15, 0.2) is 18.3 Å². The summed E-state index contributed by atoms with van der Waals surface area (Å²) in [5.41, 5.74) is 0.686. The van der Waals surface area contributed by atoms with Crippen molar-refractivity contribution in [2.75, 3.05) is 13.6 Å². The smallest absolute Gasteiger partial charge is 0.352 e. The van der Waals surface area contributed by atoms with Gasteiger partial charge in [0.25, 0.3) is 0 Å². The molecule has 2 aliphatic carbocycles. The molecule has 1 fully saturated rings. The highest BCUT2D eigenvalue weighted by Gasteiger charge is 2.72. The zero-order valence-corrected chi connectivity index (χ0v) is 32.1. The Balaban J connectivity index is 1.03. The van der Waals surface area contributed by atoms with Crippen LogP contribution in [0.4, 0.5) is 0 Å². The van der Waals surface area contributed by atoms with Crippen LogP contribution in [0.2, 0.25) is 0 Å². The van der Waals surface area contributed by atoms with Gasteiger partial charge in [0.1, 0.15) is 11.5 Å². The van der Waals surface area contributed by atoms with Crippen molar-refractivity contribution >= 4 is 11.9 Å². The fourth-order valence-electron chi connectivity index (χ4n) is 8.90. The summed E-state index contributed by atoms with van der Waals surface area (Å²) in [4.78, 5) is 28.4. The van der Waals surface area contributed by atoms with Crippen LogP contribution < -0.4 is 4.74 Å². The molecular weight excluding hydrogens is 658 g/mol. The van der Waals surface area contributed by atoms with Gasteiger partial charge in [0.05, 0.1) is 23.4 Å². The number of hydrogen-bond donors (Lipinski definition) is 2. The third kappa shape index (κ3) is 8.47. The maximum atomic E-state index is 13.3. The van der Waals surface area contributed by atoms with Gasteiger partial charge in [-0.25, -0.2) is 9.59 Å². The van der Waals surface area contributed by atoms with Gasteiger partial charge in [-0.05, 0) is 84.0 Å². The molecule has 2 bridgehead atoms. The molecule has 288 valence electrons. The summed E-state index contributed by atoms with van der Waals surface area (Å²) in [6.45, 7) is 9.85. The molecule has 9 heteroatoms. The number of esters is 2. The summed E-state index contributed by atoms with van der Waals surface area (Å²) in [7, 11) is 2.03. The molecule has 2 heterocycles. The van der Waals surface area contributed by atoms with E-state index >= 15 is 0 Å². The number of aliphatic hydroxyl groups excluding tert-OH is 1. The van der Waals surface area contributed by atoms with E-state index in [-0.39, 0.29) is 19.1 Å². The number of allylic oxidation sites excluding steroid dienone is 3. The van der Waals surface area contributed by atoms with Crippen LogP contribution in [0.3, 0.4) is 0 Å². The summed E-state index contributed by atoms with van der Waals surface area (Å²) in [6.07, 6.45) is 21.7. The van der Waals surface area contributed by atoms with Crippen molar-refractivity contribution in [1.82, 2.24) is 4.90 Å². The minimum atomic E-state index is -1.19.